The number of nitrogens with zero attached hydrogens (tertiary/aromatic N) is 3. The lowest BCUT2D eigenvalue weighted by molar-refractivity contribution is -0.141. The van der Waals surface area contributed by atoms with Crippen molar-refractivity contribution in [3.05, 3.63) is 21.8 Å². The van der Waals surface area contributed by atoms with E-state index in [1.54, 1.807) is 4.90 Å². The number of anilines is 2. The number of pyridine rings is 2. The Labute approximate surface area is 147 Å². The van der Waals surface area contributed by atoms with Crippen molar-refractivity contribution in [2.45, 2.75) is 18.7 Å². The van der Waals surface area contributed by atoms with Crippen LogP contribution in [0.4, 0.5) is 24.7 Å². The summed E-state index contributed by atoms with van der Waals surface area (Å²) >= 11 is 2.97. The molecular formula is C14H13BrF3N5O2. The van der Waals surface area contributed by atoms with Crippen molar-refractivity contribution >= 4 is 44.4 Å². The van der Waals surface area contributed by atoms with Gasteiger partial charge in [-0.3, -0.25) is 4.79 Å². The maximum absolute atomic E-state index is 13.3. The predicted molar refractivity (Wildman–Crippen MR) is 88.0 cm³/mol. The summed E-state index contributed by atoms with van der Waals surface area (Å²) in [7, 11) is 0. The third-order valence-electron chi connectivity index (χ3n) is 3.93. The highest BCUT2D eigenvalue weighted by atomic mass is 79.9. The number of fused-ring (bicyclic) bond motifs is 1. The Balaban J connectivity index is 2.36. The lowest BCUT2D eigenvalue weighted by Gasteiger charge is -2.23. The van der Waals surface area contributed by atoms with Crippen LogP contribution in [0.2, 0.25) is 0 Å². The van der Waals surface area contributed by atoms with Crippen LogP contribution in [-0.2, 0) is 6.18 Å². The molecule has 1 unspecified atom stereocenters. The van der Waals surface area contributed by atoms with Gasteiger partial charge in [-0.2, -0.15) is 13.2 Å². The molecule has 0 radical (unpaired) electrons. The summed E-state index contributed by atoms with van der Waals surface area (Å²) in [6, 6.07) is 1.28. The number of aromatic nitrogens is 2. The Bertz CT molecular complexity index is 874. The molecule has 2 aromatic heterocycles. The van der Waals surface area contributed by atoms with Crippen molar-refractivity contribution in [1.82, 2.24) is 9.97 Å². The van der Waals surface area contributed by atoms with E-state index in [2.05, 4.69) is 25.9 Å². The molecule has 7 nitrogen and oxygen atoms in total. The van der Waals surface area contributed by atoms with Crippen LogP contribution in [0.1, 0.15) is 22.5 Å². The van der Waals surface area contributed by atoms with Crippen molar-refractivity contribution in [1.29, 1.82) is 0 Å². The number of rotatable bonds is 2. The molecule has 1 amide bonds. The van der Waals surface area contributed by atoms with Gasteiger partial charge in [-0.15, -0.1) is 0 Å². The van der Waals surface area contributed by atoms with Crippen molar-refractivity contribution in [3.8, 4) is 0 Å². The number of primary amides is 1. The average molecular weight is 420 g/mol. The number of aliphatic hydroxyl groups excluding tert-OH is 1. The molecule has 0 aromatic carbocycles. The summed E-state index contributed by atoms with van der Waals surface area (Å²) in [6.45, 7) is 0.484. The Morgan fingerprint density at radius 3 is 2.60 bits per heavy atom. The van der Waals surface area contributed by atoms with E-state index in [1.165, 1.54) is 6.07 Å². The quantitative estimate of drug-likeness (QED) is 0.680. The van der Waals surface area contributed by atoms with Crippen LogP contribution in [0.5, 0.6) is 0 Å². The number of hydrogen-bond donors (Lipinski definition) is 3. The zero-order chi connectivity index (χ0) is 18.5. The number of β-amino-alcohol motifs (C(OH)–C–C–N with tert-alkyl or cyclic N) is 1. The first-order valence-electron chi connectivity index (χ1n) is 7.19. The van der Waals surface area contributed by atoms with Gasteiger partial charge in [-0.25, -0.2) is 9.97 Å². The lowest BCUT2D eigenvalue weighted by atomic mass is 10.1. The fourth-order valence-corrected chi connectivity index (χ4v) is 3.58. The molecule has 5 N–H and O–H groups in total. The number of hydrogen-bond acceptors (Lipinski definition) is 6. The molecule has 0 aliphatic carbocycles. The largest absolute Gasteiger partial charge is 0.434 e. The van der Waals surface area contributed by atoms with Gasteiger partial charge in [0.25, 0.3) is 5.91 Å². The van der Waals surface area contributed by atoms with Crippen LogP contribution in [0, 0.1) is 0 Å². The number of nitrogen functional groups attached to an aromatic ring is 1. The summed E-state index contributed by atoms with van der Waals surface area (Å²) in [5, 5.41) is 9.93. The van der Waals surface area contributed by atoms with Crippen molar-refractivity contribution in [2.75, 3.05) is 23.7 Å². The van der Waals surface area contributed by atoms with E-state index in [0.717, 1.165) is 0 Å². The average Bonchev–Trinajstić information content (AvgIpc) is 2.91. The van der Waals surface area contributed by atoms with Gasteiger partial charge in [0, 0.05) is 18.5 Å². The van der Waals surface area contributed by atoms with Gasteiger partial charge >= 0.3 is 6.18 Å². The topological polar surface area (TPSA) is 118 Å². The van der Waals surface area contributed by atoms with Gasteiger partial charge in [0.15, 0.2) is 11.3 Å². The number of amides is 1. The number of carbonyl (C=O) groups excluding carboxylic acids is 1. The molecule has 2 aromatic rings. The summed E-state index contributed by atoms with van der Waals surface area (Å²) in [5.41, 5.74) is 9.48. The standard InChI is InChI=1S/C14H13BrF3N5O2/c15-8-9(23-2-1-5(24)4-23)6-3-7(12(20)25)11(19)22-13(6)21-10(8)14(16,17)18/h3,5,24H,1-2,4H2,(H2,20,25)(H2,19,21,22). The second-order valence-electron chi connectivity index (χ2n) is 5.67. The molecule has 3 heterocycles. The van der Waals surface area contributed by atoms with Crippen molar-refractivity contribution in [2.24, 2.45) is 5.73 Å². The molecule has 0 spiro atoms. The van der Waals surface area contributed by atoms with Gasteiger partial charge in [0.2, 0.25) is 0 Å². The molecule has 1 aliphatic rings. The van der Waals surface area contributed by atoms with Gasteiger partial charge in [-0.05, 0) is 28.4 Å². The number of aliphatic hydroxyl groups is 1. The minimum atomic E-state index is -4.72. The zero-order valence-corrected chi connectivity index (χ0v) is 14.2. The van der Waals surface area contributed by atoms with E-state index in [-0.39, 0.29) is 39.1 Å². The van der Waals surface area contributed by atoms with E-state index in [1.807, 2.05) is 0 Å². The molecule has 1 aliphatic heterocycles. The molecule has 11 heteroatoms. The van der Waals surface area contributed by atoms with E-state index in [4.69, 9.17) is 11.5 Å². The maximum Gasteiger partial charge on any atom is 0.434 e. The molecule has 1 fully saturated rings. The third kappa shape index (κ3) is 3.09. The van der Waals surface area contributed by atoms with Crippen LogP contribution >= 0.6 is 15.9 Å². The summed E-state index contributed by atoms with van der Waals surface area (Å²) in [4.78, 5) is 20.5. The molecular weight excluding hydrogens is 407 g/mol. The Kier molecular flexibility index (Phi) is 4.23. The number of nitrogens with two attached hydrogens (primary N) is 2. The third-order valence-corrected chi connectivity index (χ3v) is 4.69. The highest BCUT2D eigenvalue weighted by molar-refractivity contribution is 9.10. The first-order valence-corrected chi connectivity index (χ1v) is 7.98. The van der Waals surface area contributed by atoms with Gasteiger partial charge in [0.05, 0.1) is 21.8 Å². The molecule has 1 saturated heterocycles. The van der Waals surface area contributed by atoms with Gasteiger partial charge < -0.3 is 21.5 Å². The zero-order valence-electron chi connectivity index (χ0n) is 12.6. The first-order chi connectivity index (χ1) is 11.6. The van der Waals surface area contributed by atoms with Crippen molar-refractivity contribution < 1.29 is 23.1 Å². The monoisotopic (exact) mass is 419 g/mol. The molecule has 0 saturated carbocycles. The molecule has 3 rings (SSSR count). The molecule has 0 bridgehead atoms. The van der Waals surface area contributed by atoms with Crippen LogP contribution in [0.25, 0.3) is 11.0 Å². The predicted octanol–water partition coefficient (Wildman–Crippen LogP) is 1.66. The fraction of sp³-hybridized carbons (Fsp3) is 0.357. The Hall–Kier alpha value is -2.14. The summed E-state index contributed by atoms with van der Waals surface area (Å²) < 4.78 is 39.7. The number of halogens is 4. The van der Waals surface area contributed by atoms with Crippen LogP contribution in [0.15, 0.2) is 10.5 Å². The Morgan fingerprint density at radius 2 is 2.08 bits per heavy atom. The second-order valence-corrected chi connectivity index (χ2v) is 6.46. The normalized spacial score (nSPS) is 18.1. The van der Waals surface area contributed by atoms with E-state index in [0.29, 0.717) is 13.0 Å². The number of alkyl halides is 3. The molecule has 134 valence electrons. The smallest absolute Gasteiger partial charge is 0.391 e. The van der Waals surface area contributed by atoms with Crippen molar-refractivity contribution in [3.63, 3.8) is 0 Å². The molecule has 1 atom stereocenters. The SMILES string of the molecule is NC(=O)c1cc2c(N3CCC(O)C3)c(Br)c(C(F)(F)F)nc2nc1N. The van der Waals surface area contributed by atoms with Gasteiger partial charge in [-0.1, -0.05) is 0 Å². The minimum absolute atomic E-state index is 0.109. The lowest BCUT2D eigenvalue weighted by Crippen LogP contribution is -2.24. The highest BCUT2D eigenvalue weighted by Gasteiger charge is 2.39. The van der Waals surface area contributed by atoms with E-state index in [9.17, 15) is 23.1 Å². The first kappa shape index (κ1) is 17.7. The Morgan fingerprint density at radius 1 is 1.40 bits per heavy atom. The van der Waals surface area contributed by atoms with Crippen LogP contribution < -0.4 is 16.4 Å². The highest BCUT2D eigenvalue weighted by Crippen LogP contribution is 2.43. The van der Waals surface area contributed by atoms with E-state index >= 15 is 0 Å². The van der Waals surface area contributed by atoms with E-state index < -0.39 is 23.9 Å². The number of carbonyl (C=O) groups is 1. The van der Waals surface area contributed by atoms with Crippen LogP contribution in [0.3, 0.4) is 0 Å². The minimum Gasteiger partial charge on any atom is -0.391 e. The maximum atomic E-state index is 13.3. The molecule has 25 heavy (non-hydrogen) atoms. The van der Waals surface area contributed by atoms with Gasteiger partial charge in [0.1, 0.15) is 5.82 Å². The second kappa shape index (κ2) is 5.99. The van der Waals surface area contributed by atoms with Crippen LogP contribution in [-0.4, -0.2) is 40.2 Å². The summed E-state index contributed by atoms with van der Waals surface area (Å²) in [5.74, 6) is -1.15. The summed E-state index contributed by atoms with van der Waals surface area (Å²) in [6.07, 6.45) is -4.98. The fourth-order valence-electron chi connectivity index (χ4n) is 2.80.